The van der Waals surface area contributed by atoms with Crippen molar-refractivity contribution < 1.29 is 38.4 Å². The number of nitrogens with one attached hydrogen (secondary N) is 2. The Morgan fingerprint density at radius 1 is 0.914 bits per heavy atom. The van der Waals surface area contributed by atoms with Gasteiger partial charge in [0.2, 0.25) is 0 Å². The summed E-state index contributed by atoms with van der Waals surface area (Å²) in [5.74, 6) is -0.135. The molecule has 2 unspecified atom stereocenters. The first-order valence-corrected chi connectivity index (χ1v) is 14.4. The molecule has 0 saturated heterocycles. The Kier molecular flexibility index (Phi) is 8.66. The van der Waals surface area contributed by atoms with Crippen LogP contribution >= 0.6 is 0 Å². The summed E-state index contributed by atoms with van der Waals surface area (Å²) in [6, 6.07) is 12.3. The van der Waals surface area contributed by atoms with E-state index in [1.165, 1.54) is 30.3 Å². The standard InChI is InChI=1S/C20H22F3N3O6S3/c1-3-15(12-14(2)16-4-8-18(9-5-16)33(27,28)25-13-24)17-6-10-19(11-7-17)34(29,30)26-35(31,32)20(21,22)23/h4-11,14-15,24,26H,3,12H2,1-2H3. The smallest absolute Gasteiger partial charge is 0.241 e. The number of halogens is 3. The van der Waals surface area contributed by atoms with Crippen LogP contribution < -0.4 is 4.13 Å². The molecule has 0 bridgehead atoms. The molecular formula is C20H22F3N3O6S3. The second kappa shape index (κ2) is 10.6. The molecule has 0 saturated carbocycles. The lowest BCUT2D eigenvalue weighted by Gasteiger charge is -2.21. The van der Waals surface area contributed by atoms with Gasteiger partial charge >= 0.3 is 15.5 Å². The monoisotopic (exact) mass is 553 g/mol. The minimum atomic E-state index is -6.09. The molecule has 0 aromatic heterocycles. The summed E-state index contributed by atoms with van der Waals surface area (Å²) in [7, 11) is -15.0. The first kappa shape index (κ1) is 28.7. The van der Waals surface area contributed by atoms with Gasteiger partial charge < -0.3 is 0 Å². The number of alkyl halides is 3. The van der Waals surface area contributed by atoms with Crippen molar-refractivity contribution in [2.45, 2.75) is 53.8 Å². The van der Waals surface area contributed by atoms with E-state index in [-0.39, 0.29) is 16.7 Å². The van der Waals surface area contributed by atoms with Gasteiger partial charge in [-0.1, -0.05) is 46.6 Å². The molecule has 0 aliphatic carbocycles. The molecule has 2 aromatic carbocycles. The summed E-state index contributed by atoms with van der Waals surface area (Å²) in [5, 5.41) is 6.70. The van der Waals surface area contributed by atoms with Crippen LogP contribution in [0, 0.1) is 5.41 Å². The fourth-order valence-electron chi connectivity index (χ4n) is 3.34. The molecule has 2 atom stereocenters. The Bertz CT molecular complexity index is 1420. The van der Waals surface area contributed by atoms with Gasteiger partial charge in [0, 0.05) is 0 Å². The lowest BCUT2D eigenvalue weighted by molar-refractivity contribution is -0.0441. The molecule has 0 aliphatic heterocycles. The average Bonchev–Trinajstić information content (AvgIpc) is 2.76. The van der Waals surface area contributed by atoms with E-state index in [2.05, 4.69) is 4.40 Å². The molecule has 2 aromatic rings. The zero-order valence-corrected chi connectivity index (χ0v) is 20.9. The quantitative estimate of drug-likeness (QED) is 0.425. The van der Waals surface area contributed by atoms with Crippen LogP contribution in [-0.2, 0) is 30.1 Å². The molecule has 9 nitrogen and oxygen atoms in total. The van der Waals surface area contributed by atoms with Crippen molar-refractivity contribution >= 4 is 36.1 Å². The van der Waals surface area contributed by atoms with Gasteiger partial charge in [-0.15, -0.1) is 0 Å². The van der Waals surface area contributed by atoms with Crippen molar-refractivity contribution in [3.63, 3.8) is 0 Å². The maximum Gasteiger partial charge on any atom is 0.512 e. The first-order chi connectivity index (χ1) is 16.0. The molecular weight excluding hydrogens is 531 g/mol. The lowest BCUT2D eigenvalue weighted by atomic mass is 9.85. The van der Waals surface area contributed by atoms with Crippen LogP contribution in [0.15, 0.2) is 62.7 Å². The summed E-state index contributed by atoms with van der Waals surface area (Å²) < 4.78 is 111. The van der Waals surface area contributed by atoms with Crippen molar-refractivity contribution in [2.24, 2.45) is 4.40 Å². The molecule has 2 rings (SSSR count). The predicted molar refractivity (Wildman–Crippen MR) is 122 cm³/mol. The second-order valence-electron chi connectivity index (χ2n) is 7.59. The molecule has 0 fully saturated rings. The summed E-state index contributed by atoms with van der Waals surface area (Å²) in [6.45, 7) is 3.80. The van der Waals surface area contributed by atoms with Crippen LogP contribution in [0.4, 0.5) is 13.2 Å². The van der Waals surface area contributed by atoms with Gasteiger partial charge in [-0.25, -0.2) is 22.2 Å². The van der Waals surface area contributed by atoms with E-state index in [0.29, 0.717) is 22.5 Å². The van der Waals surface area contributed by atoms with Crippen molar-refractivity contribution in [3.8, 4) is 0 Å². The number of benzene rings is 2. The van der Waals surface area contributed by atoms with E-state index in [1.54, 1.807) is 12.1 Å². The molecule has 35 heavy (non-hydrogen) atoms. The van der Waals surface area contributed by atoms with Crippen molar-refractivity contribution in [1.29, 1.82) is 5.41 Å². The third-order valence-corrected chi connectivity index (χ3v) is 9.69. The van der Waals surface area contributed by atoms with E-state index >= 15 is 0 Å². The fourth-order valence-corrected chi connectivity index (χ4v) is 6.46. The summed E-state index contributed by atoms with van der Waals surface area (Å²) in [5.41, 5.74) is -4.27. The minimum absolute atomic E-state index is 0.0510. The number of rotatable bonds is 10. The van der Waals surface area contributed by atoms with Gasteiger partial charge in [0.15, 0.2) is 0 Å². The van der Waals surface area contributed by atoms with Gasteiger partial charge in [0.05, 0.1) is 9.79 Å². The highest BCUT2D eigenvalue weighted by Gasteiger charge is 2.48. The van der Waals surface area contributed by atoms with Crippen molar-refractivity contribution in [3.05, 3.63) is 59.7 Å². The van der Waals surface area contributed by atoms with Crippen LogP contribution in [0.2, 0.25) is 0 Å². The minimum Gasteiger partial charge on any atom is -0.241 e. The highest BCUT2D eigenvalue weighted by Crippen LogP contribution is 2.33. The van der Waals surface area contributed by atoms with E-state index in [4.69, 9.17) is 5.41 Å². The number of hydrogen-bond donors (Lipinski definition) is 2. The van der Waals surface area contributed by atoms with Gasteiger partial charge in [-0.05, 0) is 60.1 Å². The zero-order chi connectivity index (χ0) is 26.7. The molecule has 0 spiro atoms. The van der Waals surface area contributed by atoms with Crippen molar-refractivity contribution in [2.75, 3.05) is 0 Å². The molecule has 2 N–H and O–H groups in total. The Morgan fingerprint density at radius 2 is 1.40 bits per heavy atom. The third kappa shape index (κ3) is 6.98. The topological polar surface area (TPSA) is 151 Å². The third-order valence-electron chi connectivity index (χ3n) is 5.23. The SMILES string of the molecule is CCC(CC(C)c1ccc(S(=O)(=O)N=C=N)cc1)c1ccc(S(=O)(=O)NS(=O)(=O)C(F)(F)F)cc1. The van der Waals surface area contributed by atoms with Gasteiger partial charge in [-0.2, -0.15) is 21.6 Å². The number of nitrogens with zero attached hydrogens (tertiary/aromatic N) is 1. The van der Waals surface area contributed by atoms with Crippen LogP contribution in [-0.4, -0.2) is 36.8 Å². The zero-order valence-electron chi connectivity index (χ0n) is 18.4. The molecule has 0 radical (unpaired) electrons. The molecule has 15 heteroatoms. The molecule has 0 amide bonds. The van der Waals surface area contributed by atoms with E-state index in [1.807, 2.05) is 13.8 Å². The molecule has 0 heterocycles. The van der Waals surface area contributed by atoms with Gasteiger partial charge in [0.25, 0.3) is 20.0 Å². The Hall–Kier alpha value is -2.58. The van der Waals surface area contributed by atoms with Crippen molar-refractivity contribution in [1.82, 2.24) is 4.13 Å². The molecule has 0 aliphatic rings. The van der Waals surface area contributed by atoms with Gasteiger partial charge in [-0.3, -0.25) is 0 Å². The number of sulfonamides is 3. The van der Waals surface area contributed by atoms with Gasteiger partial charge in [0.1, 0.15) is 6.01 Å². The Balaban J connectivity index is 2.20. The fraction of sp³-hybridized carbons (Fsp3) is 0.350. The first-order valence-electron chi connectivity index (χ1n) is 9.97. The summed E-state index contributed by atoms with van der Waals surface area (Å²) >= 11 is 0. The van der Waals surface area contributed by atoms with Crippen LogP contribution in [0.1, 0.15) is 49.7 Å². The average molecular weight is 554 g/mol. The lowest BCUT2D eigenvalue weighted by Crippen LogP contribution is -2.40. The normalized spacial score (nSPS) is 14.7. The maximum atomic E-state index is 12.5. The Morgan fingerprint density at radius 3 is 1.86 bits per heavy atom. The second-order valence-corrected chi connectivity index (χ2v) is 12.8. The Labute approximate surface area is 201 Å². The number of hydrogen-bond acceptors (Lipinski definition) is 7. The highest BCUT2D eigenvalue weighted by atomic mass is 32.3. The highest BCUT2D eigenvalue weighted by molar-refractivity contribution is 8.05. The summed E-state index contributed by atoms with van der Waals surface area (Å²) in [4.78, 5) is -0.723. The largest absolute Gasteiger partial charge is 0.512 e. The van der Waals surface area contributed by atoms with E-state index in [9.17, 15) is 38.4 Å². The van der Waals surface area contributed by atoms with Crippen LogP contribution in [0.5, 0.6) is 0 Å². The van der Waals surface area contributed by atoms with E-state index < -0.39 is 40.5 Å². The predicted octanol–water partition coefficient (Wildman–Crippen LogP) is 3.94. The van der Waals surface area contributed by atoms with Crippen LogP contribution in [0.25, 0.3) is 0 Å². The van der Waals surface area contributed by atoms with Crippen LogP contribution in [0.3, 0.4) is 0 Å². The molecule has 192 valence electrons. The maximum absolute atomic E-state index is 12.5. The summed E-state index contributed by atoms with van der Waals surface area (Å²) in [6.07, 6.45) is 1.21. The van der Waals surface area contributed by atoms with E-state index in [0.717, 1.165) is 17.7 Å².